The smallest absolute Gasteiger partial charge is 0.247 e. The Labute approximate surface area is 158 Å². The number of hydrogen-bond donors (Lipinski definition) is 1. The van der Waals surface area contributed by atoms with Crippen LogP contribution < -0.4 is 15.1 Å². The van der Waals surface area contributed by atoms with Gasteiger partial charge in [-0.3, -0.25) is 0 Å². The van der Waals surface area contributed by atoms with Crippen molar-refractivity contribution in [2.75, 3.05) is 47.8 Å². The lowest BCUT2D eigenvalue weighted by Gasteiger charge is -2.34. The van der Waals surface area contributed by atoms with Crippen molar-refractivity contribution in [2.45, 2.75) is 6.42 Å². The van der Waals surface area contributed by atoms with Crippen molar-refractivity contribution in [3.05, 3.63) is 60.6 Å². The van der Waals surface area contributed by atoms with Gasteiger partial charge in [-0.05, 0) is 18.1 Å². The maximum atomic E-state index is 4.62. The molecule has 1 aromatic carbocycles. The van der Waals surface area contributed by atoms with E-state index in [1.165, 1.54) is 5.56 Å². The minimum absolute atomic E-state index is 0.661. The summed E-state index contributed by atoms with van der Waals surface area (Å²) in [6.45, 7) is 4.10. The second-order valence-corrected chi connectivity index (χ2v) is 6.33. The Bertz CT molecular complexity index is 835. The van der Waals surface area contributed by atoms with Gasteiger partial charge in [0, 0.05) is 45.1 Å². The summed E-state index contributed by atoms with van der Waals surface area (Å²) < 4.78 is 0. The van der Waals surface area contributed by atoms with Crippen LogP contribution in [0, 0.1) is 0 Å². The van der Waals surface area contributed by atoms with Gasteiger partial charge in [0.15, 0.2) is 5.82 Å². The van der Waals surface area contributed by atoms with Crippen molar-refractivity contribution in [3.8, 4) is 0 Å². The summed E-state index contributed by atoms with van der Waals surface area (Å²) in [7, 11) is 0. The van der Waals surface area contributed by atoms with Crippen molar-refractivity contribution in [1.29, 1.82) is 0 Å². The van der Waals surface area contributed by atoms with Crippen LogP contribution in [0.15, 0.2) is 55.0 Å². The average Bonchev–Trinajstić information content (AvgIpc) is 2.76. The Kier molecular flexibility index (Phi) is 5.33. The van der Waals surface area contributed by atoms with E-state index in [0.717, 1.165) is 50.9 Å². The summed E-state index contributed by atoms with van der Waals surface area (Å²) in [4.78, 5) is 17.6. The molecule has 0 radical (unpaired) electrons. The maximum absolute atomic E-state index is 4.62. The molecule has 8 heteroatoms. The Hall–Kier alpha value is -3.29. The quantitative estimate of drug-likeness (QED) is 0.709. The molecule has 0 bridgehead atoms. The lowest BCUT2D eigenvalue weighted by Crippen LogP contribution is -2.47. The SMILES string of the molecule is c1ccc(CCNc2cnnc(N3CCN(c4ncccn4)CC3)n2)cc1. The molecule has 0 saturated carbocycles. The standard InChI is InChI=1S/C19H22N8/c1-2-5-16(6-3-1)7-10-20-17-15-23-25-19(24-17)27-13-11-26(12-14-27)18-21-8-4-9-22-18/h1-6,8-9,15H,7,10-14H2,(H,20,24,25). The molecule has 0 aliphatic carbocycles. The van der Waals surface area contributed by atoms with Crippen molar-refractivity contribution >= 4 is 17.7 Å². The highest BCUT2D eigenvalue weighted by Crippen LogP contribution is 2.15. The zero-order chi connectivity index (χ0) is 18.3. The van der Waals surface area contributed by atoms with Gasteiger partial charge >= 0.3 is 0 Å². The van der Waals surface area contributed by atoms with Crippen LogP contribution >= 0.6 is 0 Å². The number of piperazine rings is 1. The van der Waals surface area contributed by atoms with Crippen LogP contribution in [0.3, 0.4) is 0 Å². The van der Waals surface area contributed by atoms with Crippen molar-refractivity contribution in [3.63, 3.8) is 0 Å². The minimum Gasteiger partial charge on any atom is -0.368 e. The van der Waals surface area contributed by atoms with E-state index in [1.807, 2.05) is 12.1 Å². The normalized spacial score (nSPS) is 14.2. The molecule has 8 nitrogen and oxygen atoms in total. The summed E-state index contributed by atoms with van der Waals surface area (Å²) in [5.41, 5.74) is 1.30. The molecular formula is C19H22N8. The maximum Gasteiger partial charge on any atom is 0.247 e. The van der Waals surface area contributed by atoms with Gasteiger partial charge in [0.2, 0.25) is 11.9 Å². The number of benzene rings is 1. The summed E-state index contributed by atoms with van der Waals surface area (Å²) in [5.74, 6) is 2.19. The van der Waals surface area contributed by atoms with E-state index in [4.69, 9.17) is 0 Å². The topological polar surface area (TPSA) is 83.0 Å². The van der Waals surface area contributed by atoms with E-state index in [2.05, 4.69) is 64.5 Å². The first-order chi connectivity index (χ1) is 13.4. The van der Waals surface area contributed by atoms with Crippen LogP contribution in [-0.2, 0) is 6.42 Å². The summed E-state index contributed by atoms with van der Waals surface area (Å²) in [5, 5.41) is 11.6. The van der Waals surface area contributed by atoms with Gasteiger partial charge in [0.1, 0.15) is 0 Å². The molecule has 4 rings (SSSR count). The Morgan fingerprint density at radius 3 is 2.30 bits per heavy atom. The van der Waals surface area contributed by atoms with E-state index in [9.17, 15) is 0 Å². The first-order valence-electron chi connectivity index (χ1n) is 9.13. The van der Waals surface area contributed by atoms with E-state index in [-0.39, 0.29) is 0 Å². The molecule has 0 amide bonds. The van der Waals surface area contributed by atoms with E-state index in [1.54, 1.807) is 18.6 Å². The Balaban J connectivity index is 1.31. The molecule has 0 atom stereocenters. The minimum atomic E-state index is 0.661. The molecule has 0 unspecified atom stereocenters. The molecular weight excluding hydrogens is 340 g/mol. The third kappa shape index (κ3) is 4.46. The van der Waals surface area contributed by atoms with Gasteiger partial charge in [-0.25, -0.2) is 9.97 Å². The number of anilines is 3. The van der Waals surface area contributed by atoms with Gasteiger partial charge in [0.25, 0.3) is 0 Å². The zero-order valence-corrected chi connectivity index (χ0v) is 15.1. The van der Waals surface area contributed by atoms with Crippen LogP contribution in [-0.4, -0.2) is 57.9 Å². The van der Waals surface area contributed by atoms with Crippen molar-refractivity contribution < 1.29 is 0 Å². The molecule has 1 fully saturated rings. The molecule has 1 saturated heterocycles. The van der Waals surface area contributed by atoms with E-state index in [0.29, 0.717) is 5.95 Å². The fourth-order valence-corrected chi connectivity index (χ4v) is 3.05. The lowest BCUT2D eigenvalue weighted by molar-refractivity contribution is 0.623. The molecule has 1 N–H and O–H groups in total. The fourth-order valence-electron chi connectivity index (χ4n) is 3.05. The number of aromatic nitrogens is 5. The fraction of sp³-hybridized carbons (Fsp3) is 0.316. The first kappa shape index (κ1) is 17.1. The number of nitrogens with zero attached hydrogens (tertiary/aromatic N) is 7. The summed E-state index contributed by atoms with van der Waals surface area (Å²) in [6, 6.07) is 12.2. The highest BCUT2D eigenvalue weighted by atomic mass is 15.4. The highest BCUT2D eigenvalue weighted by Gasteiger charge is 2.21. The average molecular weight is 362 g/mol. The Morgan fingerprint density at radius 2 is 1.56 bits per heavy atom. The van der Waals surface area contributed by atoms with Crippen LogP contribution in [0.1, 0.15) is 5.56 Å². The molecule has 3 aromatic rings. The van der Waals surface area contributed by atoms with Gasteiger partial charge < -0.3 is 15.1 Å². The van der Waals surface area contributed by atoms with Crippen LogP contribution in [0.5, 0.6) is 0 Å². The number of nitrogens with one attached hydrogen (secondary N) is 1. The molecule has 138 valence electrons. The van der Waals surface area contributed by atoms with Crippen molar-refractivity contribution in [1.82, 2.24) is 25.1 Å². The third-order valence-corrected chi connectivity index (χ3v) is 4.51. The highest BCUT2D eigenvalue weighted by molar-refractivity contribution is 5.41. The molecule has 1 aliphatic rings. The lowest BCUT2D eigenvalue weighted by atomic mass is 10.1. The number of hydrogen-bond acceptors (Lipinski definition) is 8. The van der Waals surface area contributed by atoms with Gasteiger partial charge in [-0.15, -0.1) is 5.10 Å². The van der Waals surface area contributed by atoms with Gasteiger partial charge in [-0.2, -0.15) is 10.1 Å². The monoisotopic (exact) mass is 362 g/mol. The van der Waals surface area contributed by atoms with Crippen LogP contribution in [0.4, 0.5) is 17.7 Å². The zero-order valence-electron chi connectivity index (χ0n) is 15.1. The second kappa shape index (κ2) is 8.39. The molecule has 0 spiro atoms. The summed E-state index contributed by atoms with van der Waals surface area (Å²) in [6.07, 6.45) is 6.15. The third-order valence-electron chi connectivity index (χ3n) is 4.51. The Morgan fingerprint density at radius 1 is 0.852 bits per heavy atom. The van der Waals surface area contributed by atoms with Gasteiger partial charge in [0.05, 0.1) is 6.20 Å². The predicted octanol–water partition coefficient (Wildman–Crippen LogP) is 1.64. The van der Waals surface area contributed by atoms with Gasteiger partial charge in [-0.1, -0.05) is 30.3 Å². The van der Waals surface area contributed by atoms with Crippen LogP contribution in [0.2, 0.25) is 0 Å². The largest absolute Gasteiger partial charge is 0.368 e. The van der Waals surface area contributed by atoms with E-state index < -0.39 is 0 Å². The predicted molar refractivity (Wildman–Crippen MR) is 105 cm³/mol. The molecule has 27 heavy (non-hydrogen) atoms. The second-order valence-electron chi connectivity index (χ2n) is 6.33. The molecule has 2 aromatic heterocycles. The summed E-state index contributed by atoms with van der Waals surface area (Å²) >= 11 is 0. The van der Waals surface area contributed by atoms with Crippen molar-refractivity contribution in [2.24, 2.45) is 0 Å². The molecule has 3 heterocycles. The van der Waals surface area contributed by atoms with E-state index >= 15 is 0 Å². The molecule has 1 aliphatic heterocycles. The first-order valence-corrected chi connectivity index (χ1v) is 9.13. The van der Waals surface area contributed by atoms with Crippen LogP contribution in [0.25, 0.3) is 0 Å². The number of rotatable bonds is 6.